The van der Waals surface area contributed by atoms with Crippen molar-refractivity contribution in [3.63, 3.8) is 0 Å². The average Bonchev–Trinajstić information content (AvgIpc) is 2.75. The van der Waals surface area contributed by atoms with Gasteiger partial charge in [-0.1, -0.05) is 37.3 Å². The molecule has 6 heteroatoms. The number of nitrogens with zero attached hydrogens (tertiary/aromatic N) is 1. The Hall–Kier alpha value is -2.70. The van der Waals surface area contributed by atoms with Crippen LogP contribution in [0.2, 0.25) is 0 Å². The van der Waals surface area contributed by atoms with E-state index in [4.69, 9.17) is 4.74 Å². The zero-order valence-electron chi connectivity index (χ0n) is 16.2. The Balaban J connectivity index is 1.50. The maximum atomic E-state index is 12.5. The summed E-state index contributed by atoms with van der Waals surface area (Å²) in [6.07, 6.45) is 0.898. The number of morpholine rings is 1. The molecular weight excluding hydrogens is 354 g/mol. The van der Waals surface area contributed by atoms with Gasteiger partial charge in [0.25, 0.3) is 5.91 Å². The number of carbonyl (C=O) groups is 2. The molecule has 1 aliphatic heterocycles. The van der Waals surface area contributed by atoms with E-state index in [0.717, 1.165) is 6.42 Å². The fraction of sp³-hybridized carbons (Fsp3) is 0.364. The van der Waals surface area contributed by atoms with Crippen molar-refractivity contribution in [1.82, 2.24) is 10.2 Å². The maximum absolute atomic E-state index is 12.5. The fourth-order valence-electron chi connectivity index (χ4n) is 3.25. The van der Waals surface area contributed by atoms with E-state index in [9.17, 15) is 9.59 Å². The first-order valence-corrected chi connectivity index (χ1v) is 9.72. The van der Waals surface area contributed by atoms with Crippen LogP contribution in [-0.2, 0) is 9.53 Å². The normalized spacial score (nSPS) is 15.1. The number of anilines is 1. The van der Waals surface area contributed by atoms with Crippen molar-refractivity contribution in [3.05, 3.63) is 65.7 Å². The molecule has 1 aliphatic rings. The number of hydrogen-bond acceptors (Lipinski definition) is 4. The summed E-state index contributed by atoms with van der Waals surface area (Å²) in [6, 6.07) is 17.3. The molecule has 2 N–H and O–H groups in total. The summed E-state index contributed by atoms with van der Waals surface area (Å²) in [7, 11) is 0. The molecule has 148 valence electrons. The van der Waals surface area contributed by atoms with Crippen LogP contribution >= 0.6 is 0 Å². The molecule has 1 atom stereocenters. The van der Waals surface area contributed by atoms with E-state index >= 15 is 0 Å². The van der Waals surface area contributed by atoms with Gasteiger partial charge in [0.1, 0.15) is 0 Å². The highest BCUT2D eigenvalue weighted by Crippen LogP contribution is 2.16. The van der Waals surface area contributed by atoms with Gasteiger partial charge in [-0.05, 0) is 36.2 Å². The average molecular weight is 381 g/mol. The Morgan fingerprint density at radius 3 is 2.36 bits per heavy atom. The second-order valence-electron chi connectivity index (χ2n) is 6.78. The molecule has 2 amide bonds. The van der Waals surface area contributed by atoms with Gasteiger partial charge in [-0.25, -0.2) is 0 Å². The highest BCUT2D eigenvalue weighted by Gasteiger charge is 2.18. The minimum Gasteiger partial charge on any atom is -0.378 e. The molecule has 0 saturated carbocycles. The molecule has 6 nitrogen and oxygen atoms in total. The molecule has 28 heavy (non-hydrogen) atoms. The van der Waals surface area contributed by atoms with E-state index in [-0.39, 0.29) is 24.4 Å². The van der Waals surface area contributed by atoms with Crippen LogP contribution in [0.15, 0.2) is 54.6 Å². The Labute approximate surface area is 165 Å². The zero-order valence-corrected chi connectivity index (χ0v) is 16.2. The minimum absolute atomic E-state index is 0.00325. The molecule has 2 aromatic carbocycles. The molecule has 3 rings (SSSR count). The molecular formula is C22H27N3O3. The van der Waals surface area contributed by atoms with Gasteiger partial charge in [0.15, 0.2) is 0 Å². The van der Waals surface area contributed by atoms with Crippen LogP contribution in [0.25, 0.3) is 0 Å². The zero-order chi connectivity index (χ0) is 19.8. The summed E-state index contributed by atoms with van der Waals surface area (Å²) in [6.45, 7) is 4.70. The Morgan fingerprint density at radius 1 is 1.04 bits per heavy atom. The number of amides is 2. The number of rotatable bonds is 7. The van der Waals surface area contributed by atoms with E-state index in [0.29, 0.717) is 37.6 Å². The summed E-state index contributed by atoms with van der Waals surface area (Å²) >= 11 is 0. The topological polar surface area (TPSA) is 70.7 Å². The maximum Gasteiger partial charge on any atom is 0.254 e. The smallest absolute Gasteiger partial charge is 0.254 e. The Kier molecular flexibility index (Phi) is 7.17. The number of carbonyl (C=O) groups excluding carboxylic acids is 2. The second kappa shape index (κ2) is 10.0. The molecule has 0 aliphatic carbocycles. The summed E-state index contributed by atoms with van der Waals surface area (Å²) in [5.41, 5.74) is 2.47. The van der Waals surface area contributed by atoms with E-state index in [1.807, 2.05) is 18.2 Å². The van der Waals surface area contributed by atoms with E-state index < -0.39 is 0 Å². The molecule has 0 bridgehead atoms. The summed E-state index contributed by atoms with van der Waals surface area (Å²) in [5, 5.41) is 6.17. The second-order valence-corrected chi connectivity index (χ2v) is 6.78. The van der Waals surface area contributed by atoms with Crippen LogP contribution in [0.3, 0.4) is 0 Å². The monoisotopic (exact) mass is 381 g/mol. The van der Waals surface area contributed by atoms with E-state index in [1.165, 1.54) is 5.56 Å². The van der Waals surface area contributed by atoms with Gasteiger partial charge in [-0.3, -0.25) is 9.59 Å². The SMILES string of the molecule is CCC(NCC(=O)Nc1ccc(C(=O)N2CCOCC2)cc1)c1ccccc1. The lowest BCUT2D eigenvalue weighted by atomic mass is 10.0. The lowest BCUT2D eigenvalue weighted by molar-refractivity contribution is -0.115. The van der Waals surface area contributed by atoms with Crippen molar-refractivity contribution in [2.24, 2.45) is 0 Å². The van der Waals surface area contributed by atoms with Crippen molar-refractivity contribution in [2.75, 3.05) is 38.2 Å². The first-order valence-electron chi connectivity index (χ1n) is 9.72. The Bertz CT molecular complexity index is 771. The molecule has 2 aromatic rings. The van der Waals surface area contributed by atoms with Crippen molar-refractivity contribution < 1.29 is 14.3 Å². The Morgan fingerprint density at radius 2 is 1.71 bits per heavy atom. The first kappa shape index (κ1) is 20.0. The fourth-order valence-corrected chi connectivity index (χ4v) is 3.25. The van der Waals surface area contributed by atoms with Crippen LogP contribution in [0, 0.1) is 0 Å². The largest absolute Gasteiger partial charge is 0.378 e. The molecule has 0 spiro atoms. The van der Waals surface area contributed by atoms with Crippen molar-refractivity contribution in [1.29, 1.82) is 0 Å². The lowest BCUT2D eigenvalue weighted by Crippen LogP contribution is -2.40. The van der Waals surface area contributed by atoms with Gasteiger partial charge >= 0.3 is 0 Å². The molecule has 1 unspecified atom stereocenters. The van der Waals surface area contributed by atoms with Gasteiger partial charge in [0, 0.05) is 30.4 Å². The van der Waals surface area contributed by atoms with Gasteiger partial charge in [-0.2, -0.15) is 0 Å². The van der Waals surface area contributed by atoms with Crippen molar-refractivity contribution >= 4 is 17.5 Å². The number of nitrogens with one attached hydrogen (secondary N) is 2. The predicted molar refractivity (Wildman–Crippen MR) is 109 cm³/mol. The molecule has 0 aromatic heterocycles. The molecule has 1 heterocycles. The number of hydrogen-bond donors (Lipinski definition) is 2. The number of ether oxygens (including phenoxy) is 1. The standard InChI is InChI=1S/C22H27N3O3/c1-2-20(17-6-4-3-5-7-17)23-16-21(26)24-19-10-8-18(9-11-19)22(27)25-12-14-28-15-13-25/h3-11,20,23H,2,12-16H2,1H3,(H,24,26). The van der Waals surface area contributed by atoms with Gasteiger partial charge in [-0.15, -0.1) is 0 Å². The van der Waals surface area contributed by atoms with Crippen LogP contribution in [0.4, 0.5) is 5.69 Å². The third kappa shape index (κ3) is 5.41. The highest BCUT2D eigenvalue weighted by molar-refractivity contribution is 5.96. The molecule has 0 radical (unpaired) electrons. The van der Waals surface area contributed by atoms with Crippen molar-refractivity contribution in [3.8, 4) is 0 Å². The predicted octanol–water partition coefficient (Wildman–Crippen LogP) is 2.84. The van der Waals surface area contributed by atoms with E-state index in [2.05, 4.69) is 29.7 Å². The van der Waals surface area contributed by atoms with E-state index in [1.54, 1.807) is 29.2 Å². The van der Waals surface area contributed by atoms with Crippen LogP contribution in [-0.4, -0.2) is 49.6 Å². The van der Waals surface area contributed by atoms with Gasteiger partial charge in [0.05, 0.1) is 19.8 Å². The third-order valence-electron chi connectivity index (χ3n) is 4.83. The third-order valence-corrected chi connectivity index (χ3v) is 4.83. The quantitative estimate of drug-likeness (QED) is 0.774. The summed E-state index contributed by atoms with van der Waals surface area (Å²) < 4.78 is 5.28. The minimum atomic E-state index is -0.110. The first-order chi connectivity index (χ1) is 13.7. The van der Waals surface area contributed by atoms with Crippen molar-refractivity contribution in [2.45, 2.75) is 19.4 Å². The molecule has 1 saturated heterocycles. The summed E-state index contributed by atoms with van der Waals surface area (Å²) in [4.78, 5) is 26.5. The number of benzene rings is 2. The van der Waals surface area contributed by atoms with Gasteiger partial charge < -0.3 is 20.3 Å². The van der Waals surface area contributed by atoms with Gasteiger partial charge in [0.2, 0.25) is 5.91 Å². The van der Waals surface area contributed by atoms with Crippen LogP contribution in [0.5, 0.6) is 0 Å². The van der Waals surface area contributed by atoms with Crippen LogP contribution in [0.1, 0.15) is 35.3 Å². The highest BCUT2D eigenvalue weighted by atomic mass is 16.5. The molecule has 1 fully saturated rings. The lowest BCUT2D eigenvalue weighted by Gasteiger charge is -2.26. The summed E-state index contributed by atoms with van der Waals surface area (Å²) in [5.74, 6) is -0.113. The van der Waals surface area contributed by atoms with Crippen LogP contribution < -0.4 is 10.6 Å².